The van der Waals surface area contributed by atoms with E-state index in [9.17, 15) is 9.18 Å². The van der Waals surface area contributed by atoms with E-state index in [0.717, 1.165) is 6.07 Å². The number of halogens is 4. The van der Waals surface area contributed by atoms with Crippen LogP contribution in [0.5, 0.6) is 0 Å². The van der Waals surface area contributed by atoms with E-state index in [4.69, 9.17) is 34.8 Å². The van der Waals surface area contributed by atoms with Crippen molar-refractivity contribution in [3.63, 3.8) is 0 Å². The molecule has 1 aromatic carbocycles. The van der Waals surface area contributed by atoms with Crippen LogP contribution in [0, 0.1) is 5.82 Å². The predicted octanol–water partition coefficient (Wildman–Crippen LogP) is 4.33. The zero-order chi connectivity index (χ0) is 11.4. The highest BCUT2D eigenvalue weighted by Crippen LogP contribution is 2.25. The summed E-state index contributed by atoms with van der Waals surface area (Å²) in [5.41, 5.74) is 0.117. The number of ketones is 1. The smallest absolute Gasteiger partial charge is 0.164 e. The van der Waals surface area contributed by atoms with E-state index in [1.54, 1.807) is 0 Å². The van der Waals surface area contributed by atoms with E-state index in [-0.39, 0.29) is 27.8 Å². The van der Waals surface area contributed by atoms with E-state index in [0.29, 0.717) is 12.3 Å². The summed E-state index contributed by atoms with van der Waals surface area (Å²) < 4.78 is 13.1. The molecular weight excluding hydrogens is 261 g/mol. The molecule has 5 heteroatoms. The molecule has 0 aromatic heterocycles. The van der Waals surface area contributed by atoms with Gasteiger partial charge in [0, 0.05) is 22.9 Å². The minimum Gasteiger partial charge on any atom is -0.294 e. The molecule has 0 spiro atoms. The summed E-state index contributed by atoms with van der Waals surface area (Å²) in [5, 5.41) is -0.0231. The lowest BCUT2D eigenvalue weighted by molar-refractivity contribution is 0.0981. The maximum Gasteiger partial charge on any atom is 0.164 e. The van der Waals surface area contributed by atoms with Gasteiger partial charge < -0.3 is 0 Å². The van der Waals surface area contributed by atoms with E-state index >= 15 is 0 Å². The molecule has 0 N–H and O–H groups in total. The Morgan fingerprint density at radius 3 is 2.60 bits per heavy atom. The summed E-state index contributed by atoms with van der Waals surface area (Å²) >= 11 is 16.7. The molecule has 0 radical (unpaired) electrons. The van der Waals surface area contributed by atoms with Crippen molar-refractivity contribution in [1.82, 2.24) is 0 Å². The standard InChI is InChI=1S/C10H8Cl3FO/c11-3-1-2-9(15)7-4-6(12)5-8(14)10(7)13/h4-5H,1-3H2. The van der Waals surface area contributed by atoms with Gasteiger partial charge in [-0.1, -0.05) is 23.2 Å². The maximum atomic E-state index is 13.1. The number of rotatable bonds is 4. The van der Waals surface area contributed by atoms with Gasteiger partial charge in [-0.3, -0.25) is 4.79 Å². The molecule has 0 heterocycles. The van der Waals surface area contributed by atoms with Crippen LogP contribution in [0.25, 0.3) is 0 Å². The first kappa shape index (κ1) is 12.8. The minimum absolute atomic E-state index is 0.117. The highest BCUT2D eigenvalue weighted by atomic mass is 35.5. The Bertz CT molecular complexity index is 379. The number of hydrogen-bond donors (Lipinski definition) is 0. The second kappa shape index (κ2) is 5.69. The number of alkyl halides is 1. The van der Waals surface area contributed by atoms with Crippen molar-refractivity contribution in [3.05, 3.63) is 33.6 Å². The Balaban J connectivity index is 2.98. The van der Waals surface area contributed by atoms with Gasteiger partial charge in [0.25, 0.3) is 0 Å². The van der Waals surface area contributed by atoms with E-state index < -0.39 is 5.82 Å². The number of benzene rings is 1. The number of Topliss-reactive ketones (excluding diaryl/α,β-unsaturated/α-hetero) is 1. The van der Waals surface area contributed by atoms with E-state index in [1.807, 2.05) is 0 Å². The van der Waals surface area contributed by atoms with Gasteiger partial charge in [-0.05, 0) is 18.6 Å². The van der Waals surface area contributed by atoms with Crippen LogP contribution in [0.2, 0.25) is 10.0 Å². The largest absolute Gasteiger partial charge is 0.294 e. The molecule has 0 aliphatic carbocycles. The van der Waals surface area contributed by atoms with Crippen LogP contribution in [-0.4, -0.2) is 11.7 Å². The van der Waals surface area contributed by atoms with Gasteiger partial charge in [-0.2, -0.15) is 0 Å². The number of carbonyl (C=O) groups excluding carboxylic acids is 1. The van der Waals surface area contributed by atoms with Crippen molar-refractivity contribution in [3.8, 4) is 0 Å². The van der Waals surface area contributed by atoms with Crippen LogP contribution < -0.4 is 0 Å². The highest BCUT2D eigenvalue weighted by Gasteiger charge is 2.14. The summed E-state index contributed by atoms with van der Waals surface area (Å²) in [5.74, 6) is -0.549. The molecule has 0 aliphatic heterocycles. The van der Waals surface area contributed by atoms with Gasteiger partial charge in [-0.25, -0.2) is 4.39 Å². The molecule has 0 saturated heterocycles. The first-order valence-electron chi connectivity index (χ1n) is 4.30. The van der Waals surface area contributed by atoms with Gasteiger partial charge in [-0.15, -0.1) is 11.6 Å². The van der Waals surface area contributed by atoms with Crippen molar-refractivity contribution in [2.24, 2.45) is 0 Å². The molecule has 1 aromatic rings. The third-order valence-corrected chi connectivity index (χ3v) is 2.70. The lowest BCUT2D eigenvalue weighted by Crippen LogP contribution is -2.01. The van der Waals surface area contributed by atoms with Gasteiger partial charge in [0.2, 0.25) is 0 Å². The first-order valence-corrected chi connectivity index (χ1v) is 5.59. The molecule has 0 aliphatic rings. The van der Waals surface area contributed by atoms with Crippen LogP contribution in [0.15, 0.2) is 12.1 Å². The fourth-order valence-electron chi connectivity index (χ4n) is 1.12. The van der Waals surface area contributed by atoms with Gasteiger partial charge >= 0.3 is 0 Å². The minimum atomic E-state index is -0.682. The molecule has 0 saturated carbocycles. The third kappa shape index (κ3) is 3.33. The maximum absolute atomic E-state index is 13.1. The lowest BCUT2D eigenvalue weighted by Gasteiger charge is -2.04. The average molecular weight is 270 g/mol. The highest BCUT2D eigenvalue weighted by molar-refractivity contribution is 6.36. The zero-order valence-corrected chi connectivity index (χ0v) is 9.96. The Morgan fingerprint density at radius 2 is 2.00 bits per heavy atom. The van der Waals surface area contributed by atoms with Crippen LogP contribution in [0.1, 0.15) is 23.2 Å². The molecule has 0 amide bonds. The molecular formula is C10H8Cl3FO. The molecule has 82 valence electrons. The third-order valence-electron chi connectivity index (χ3n) is 1.83. The Morgan fingerprint density at radius 1 is 1.33 bits per heavy atom. The van der Waals surface area contributed by atoms with Crippen LogP contribution in [0.4, 0.5) is 4.39 Å². The van der Waals surface area contributed by atoms with Crippen molar-refractivity contribution in [2.45, 2.75) is 12.8 Å². The van der Waals surface area contributed by atoms with Gasteiger partial charge in [0.05, 0.1) is 5.02 Å². The quantitative estimate of drug-likeness (QED) is 0.451. The average Bonchev–Trinajstić information content (AvgIpc) is 2.19. The number of carbonyl (C=O) groups is 1. The molecule has 0 bridgehead atoms. The fourth-order valence-corrected chi connectivity index (χ4v) is 1.67. The van der Waals surface area contributed by atoms with Gasteiger partial charge in [0.15, 0.2) is 5.78 Å². The SMILES string of the molecule is O=C(CCCCl)c1cc(Cl)cc(F)c1Cl. The second-order valence-corrected chi connectivity index (χ2v) is 4.16. The summed E-state index contributed by atoms with van der Waals surface area (Å²) in [4.78, 5) is 11.6. The predicted molar refractivity (Wildman–Crippen MR) is 60.7 cm³/mol. The topological polar surface area (TPSA) is 17.1 Å². The number of hydrogen-bond acceptors (Lipinski definition) is 1. The van der Waals surface area contributed by atoms with E-state index in [1.165, 1.54) is 6.07 Å². The summed E-state index contributed by atoms with van der Waals surface area (Å²) in [7, 11) is 0. The Hall–Kier alpha value is -0.310. The summed E-state index contributed by atoms with van der Waals surface area (Å²) in [6.07, 6.45) is 0.772. The lowest BCUT2D eigenvalue weighted by atomic mass is 10.1. The van der Waals surface area contributed by atoms with Crippen LogP contribution >= 0.6 is 34.8 Å². The molecule has 1 nitrogen and oxygen atoms in total. The van der Waals surface area contributed by atoms with Crippen molar-refractivity contribution in [2.75, 3.05) is 5.88 Å². The molecule has 0 fully saturated rings. The Labute approximate surface area is 102 Å². The Kier molecular flexibility index (Phi) is 4.84. The van der Waals surface area contributed by atoms with Crippen LogP contribution in [-0.2, 0) is 0 Å². The van der Waals surface area contributed by atoms with Crippen molar-refractivity contribution >= 4 is 40.6 Å². The zero-order valence-electron chi connectivity index (χ0n) is 7.70. The monoisotopic (exact) mass is 268 g/mol. The summed E-state index contributed by atoms with van der Waals surface area (Å²) in [6, 6.07) is 2.44. The summed E-state index contributed by atoms with van der Waals surface area (Å²) in [6.45, 7) is 0. The molecule has 15 heavy (non-hydrogen) atoms. The normalized spacial score (nSPS) is 10.4. The van der Waals surface area contributed by atoms with Crippen molar-refractivity contribution < 1.29 is 9.18 Å². The molecule has 0 unspecified atom stereocenters. The first-order chi connectivity index (χ1) is 7.06. The molecule has 0 atom stereocenters. The van der Waals surface area contributed by atoms with Crippen LogP contribution in [0.3, 0.4) is 0 Å². The van der Waals surface area contributed by atoms with Gasteiger partial charge in [0.1, 0.15) is 5.82 Å². The second-order valence-electron chi connectivity index (χ2n) is 2.96. The molecule has 1 rings (SSSR count). The van der Waals surface area contributed by atoms with Crippen molar-refractivity contribution in [1.29, 1.82) is 0 Å². The van der Waals surface area contributed by atoms with E-state index in [2.05, 4.69) is 0 Å². The fraction of sp³-hybridized carbons (Fsp3) is 0.300.